The first-order valence-electron chi connectivity index (χ1n) is 8.44. The highest BCUT2D eigenvalue weighted by molar-refractivity contribution is 9.10. The van der Waals surface area contributed by atoms with Crippen molar-refractivity contribution in [3.63, 3.8) is 0 Å². The number of hydrogen-bond donors (Lipinski definition) is 5. The van der Waals surface area contributed by atoms with Gasteiger partial charge in [0.2, 0.25) is 11.7 Å². The lowest BCUT2D eigenvalue weighted by molar-refractivity contribution is -0.120. The van der Waals surface area contributed by atoms with E-state index in [-0.39, 0.29) is 39.6 Å². The molecule has 0 radical (unpaired) electrons. The molecule has 1 aromatic heterocycles. The van der Waals surface area contributed by atoms with Crippen LogP contribution in [0.5, 0.6) is 0 Å². The Bertz CT molecular complexity index is 915. The number of aromatic nitrogens is 2. The number of nitrogens with zero attached hydrogens (tertiary/aromatic N) is 4. The van der Waals surface area contributed by atoms with E-state index in [1.165, 1.54) is 18.2 Å². The highest BCUT2D eigenvalue weighted by atomic mass is 79.9. The van der Waals surface area contributed by atoms with Gasteiger partial charge in [0.1, 0.15) is 5.82 Å². The van der Waals surface area contributed by atoms with Crippen molar-refractivity contribution in [2.75, 3.05) is 23.7 Å². The first-order chi connectivity index (χ1) is 13.8. The number of amidine groups is 1. The number of halogens is 2. The van der Waals surface area contributed by atoms with Crippen LogP contribution in [0, 0.1) is 11.7 Å². The summed E-state index contributed by atoms with van der Waals surface area (Å²) in [7, 11) is 0. The molecule has 0 unspecified atom stereocenters. The third kappa shape index (κ3) is 6.41. The first-order valence-corrected chi connectivity index (χ1v) is 9.24. The van der Waals surface area contributed by atoms with Crippen LogP contribution >= 0.6 is 15.9 Å². The zero-order valence-corrected chi connectivity index (χ0v) is 17.2. The smallest absolute Gasteiger partial charge is 0.251 e. The van der Waals surface area contributed by atoms with Crippen molar-refractivity contribution in [1.82, 2.24) is 15.6 Å². The molecular formula is C16H20BrFN8O3. The molecule has 156 valence electrons. The largest absolute Gasteiger partial charge is 0.409 e. The molecule has 0 saturated carbocycles. The predicted molar refractivity (Wildman–Crippen MR) is 108 cm³/mol. The second-order valence-electron chi connectivity index (χ2n) is 6.01. The van der Waals surface area contributed by atoms with Crippen molar-refractivity contribution in [3.8, 4) is 0 Å². The molecule has 29 heavy (non-hydrogen) atoms. The van der Waals surface area contributed by atoms with E-state index in [1.54, 1.807) is 13.8 Å². The molecule has 0 bridgehead atoms. The van der Waals surface area contributed by atoms with E-state index >= 15 is 0 Å². The van der Waals surface area contributed by atoms with Gasteiger partial charge in [-0.2, -0.15) is 4.99 Å². The average Bonchev–Trinajstić information content (AvgIpc) is 3.14. The fourth-order valence-corrected chi connectivity index (χ4v) is 2.34. The van der Waals surface area contributed by atoms with Gasteiger partial charge in [-0.3, -0.25) is 4.79 Å². The van der Waals surface area contributed by atoms with Gasteiger partial charge in [-0.25, -0.2) is 9.02 Å². The summed E-state index contributed by atoms with van der Waals surface area (Å²) in [6.45, 7) is 4.07. The third-order valence-corrected chi connectivity index (χ3v) is 4.05. The summed E-state index contributed by atoms with van der Waals surface area (Å²) < 4.78 is 18.3. The number of carbonyl (C=O) groups is 1. The summed E-state index contributed by atoms with van der Waals surface area (Å²) in [5.41, 5.74) is 6.18. The second kappa shape index (κ2) is 10.4. The maximum atomic E-state index is 13.4. The first kappa shape index (κ1) is 22.1. The van der Waals surface area contributed by atoms with Crippen LogP contribution in [-0.2, 0) is 4.79 Å². The number of hydrogen-bond acceptors (Lipinski definition) is 7. The van der Waals surface area contributed by atoms with Gasteiger partial charge in [0.25, 0.3) is 5.91 Å². The number of guanidine groups is 1. The molecule has 11 nitrogen and oxygen atoms in total. The number of anilines is 2. The number of aliphatic imine (C=N–C) groups is 1. The second-order valence-corrected chi connectivity index (χ2v) is 6.86. The molecule has 1 amide bonds. The molecule has 2 rings (SSSR count). The Balaban J connectivity index is 1.95. The molecule has 0 fully saturated rings. The van der Waals surface area contributed by atoms with Crippen LogP contribution in [0.2, 0.25) is 0 Å². The van der Waals surface area contributed by atoms with Crippen LogP contribution in [0.3, 0.4) is 0 Å². The van der Waals surface area contributed by atoms with E-state index in [0.29, 0.717) is 18.8 Å². The molecule has 0 aliphatic rings. The van der Waals surface area contributed by atoms with Gasteiger partial charge in [-0.15, -0.1) is 0 Å². The number of nitrogens with one attached hydrogen (secondary N) is 3. The monoisotopic (exact) mass is 470 g/mol. The minimum atomic E-state index is -0.436. The van der Waals surface area contributed by atoms with Gasteiger partial charge < -0.3 is 26.9 Å². The zero-order chi connectivity index (χ0) is 21.4. The normalized spacial score (nSPS) is 12.2. The van der Waals surface area contributed by atoms with E-state index in [1.807, 2.05) is 0 Å². The van der Waals surface area contributed by atoms with Crippen LogP contribution in [0.15, 0.2) is 37.4 Å². The predicted octanol–water partition coefficient (Wildman–Crippen LogP) is 1.72. The molecule has 0 aliphatic heterocycles. The number of oxime groups is 1. The van der Waals surface area contributed by atoms with E-state index in [4.69, 9.17) is 5.73 Å². The van der Waals surface area contributed by atoms with Crippen molar-refractivity contribution in [1.29, 1.82) is 0 Å². The lowest BCUT2D eigenvalue weighted by atomic mass is 10.2. The van der Waals surface area contributed by atoms with Crippen LogP contribution < -0.4 is 21.7 Å². The molecule has 2 aromatic rings. The zero-order valence-electron chi connectivity index (χ0n) is 15.6. The van der Waals surface area contributed by atoms with Crippen molar-refractivity contribution >= 4 is 45.1 Å². The minimum Gasteiger partial charge on any atom is -0.409 e. The van der Waals surface area contributed by atoms with Gasteiger partial charge in [0, 0.05) is 24.7 Å². The SMILES string of the molecule is CC(C)C(=O)/N=C(\N)NCCNc1nonc1/C(=N/O)Nc1ccc(F)c(Br)c1. The average molecular weight is 471 g/mol. The molecule has 0 spiro atoms. The van der Waals surface area contributed by atoms with Crippen molar-refractivity contribution in [3.05, 3.63) is 34.2 Å². The number of amides is 1. The molecule has 1 aromatic carbocycles. The Hall–Kier alpha value is -3.22. The van der Waals surface area contributed by atoms with E-state index in [0.717, 1.165) is 0 Å². The summed E-state index contributed by atoms with van der Waals surface area (Å²) in [4.78, 5) is 15.2. The standard InChI is InChI=1S/C16H20BrFN8O3/c1-8(2)15(27)23-16(19)21-6-5-20-13-12(25-29-26-13)14(24-28)22-9-3-4-11(18)10(17)7-9/h3-4,7-8,28H,5-6H2,1-2H3,(H,20,26)(H,22,24)(H3,19,21,23,27). The van der Waals surface area contributed by atoms with Gasteiger partial charge >= 0.3 is 0 Å². The highest BCUT2D eigenvalue weighted by Gasteiger charge is 2.18. The van der Waals surface area contributed by atoms with Crippen molar-refractivity contribution < 1.29 is 19.0 Å². The molecule has 13 heteroatoms. The Morgan fingerprint density at radius 2 is 2.14 bits per heavy atom. The summed E-state index contributed by atoms with van der Waals surface area (Å²) in [5, 5.41) is 28.3. The Kier molecular flexibility index (Phi) is 7.88. The fraction of sp³-hybridized carbons (Fsp3) is 0.312. The summed E-state index contributed by atoms with van der Waals surface area (Å²) in [5.74, 6) is -0.874. The molecular weight excluding hydrogens is 451 g/mol. The Morgan fingerprint density at radius 1 is 1.38 bits per heavy atom. The molecule has 0 saturated heterocycles. The molecule has 0 atom stereocenters. The van der Waals surface area contributed by atoms with Gasteiger partial charge in [0.05, 0.1) is 4.47 Å². The van der Waals surface area contributed by atoms with Crippen molar-refractivity contribution in [2.24, 2.45) is 21.8 Å². The summed E-state index contributed by atoms with van der Waals surface area (Å²) >= 11 is 3.07. The maximum absolute atomic E-state index is 13.4. The van der Waals surface area contributed by atoms with Crippen LogP contribution in [0.1, 0.15) is 19.5 Å². The molecule has 1 heterocycles. The summed E-state index contributed by atoms with van der Waals surface area (Å²) in [6, 6.07) is 4.16. The summed E-state index contributed by atoms with van der Waals surface area (Å²) in [6.07, 6.45) is 0. The lowest BCUT2D eigenvalue weighted by Crippen LogP contribution is -2.36. The number of carbonyl (C=O) groups excluding carboxylic acids is 1. The van der Waals surface area contributed by atoms with Crippen LogP contribution in [0.25, 0.3) is 0 Å². The van der Waals surface area contributed by atoms with Crippen molar-refractivity contribution in [2.45, 2.75) is 13.8 Å². The number of benzene rings is 1. The van der Waals surface area contributed by atoms with E-state index < -0.39 is 5.82 Å². The molecule has 0 aliphatic carbocycles. The quantitative estimate of drug-likeness (QED) is 0.133. The number of rotatable bonds is 7. The molecule has 6 N–H and O–H groups in total. The van der Waals surface area contributed by atoms with E-state index in [9.17, 15) is 14.4 Å². The Morgan fingerprint density at radius 3 is 2.79 bits per heavy atom. The van der Waals surface area contributed by atoms with Crippen LogP contribution in [0.4, 0.5) is 15.9 Å². The number of nitrogens with two attached hydrogens (primary N) is 1. The lowest BCUT2D eigenvalue weighted by Gasteiger charge is -2.09. The minimum absolute atomic E-state index is 0.00478. The van der Waals surface area contributed by atoms with Gasteiger partial charge in [0.15, 0.2) is 11.7 Å². The maximum Gasteiger partial charge on any atom is 0.251 e. The third-order valence-electron chi connectivity index (χ3n) is 3.44. The van der Waals surface area contributed by atoms with Gasteiger partial charge in [-0.1, -0.05) is 19.0 Å². The highest BCUT2D eigenvalue weighted by Crippen LogP contribution is 2.21. The van der Waals surface area contributed by atoms with Crippen LogP contribution in [-0.4, -0.2) is 46.3 Å². The topological polar surface area (TPSA) is 163 Å². The van der Waals surface area contributed by atoms with Gasteiger partial charge in [-0.05, 0) is 44.4 Å². The Labute approximate surface area is 173 Å². The van der Waals surface area contributed by atoms with E-state index in [2.05, 4.69) is 57.0 Å². The fourth-order valence-electron chi connectivity index (χ4n) is 1.96.